The number of rotatable bonds is 6. The molecule has 1 aliphatic rings. The topological polar surface area (TPSA) is 86.7 Å². The van der Waals surface area contributed by atoms with Crippen LogP contribution in [0.4, 0.5) is 4.39 Å². The van der Waals surface area contributed by atoms with E-state index in [1.807, 2.05) is 0 Å². The van der Waals surface area contributed by atoms with E-state index in [1.54, 1.807) is 4.90 Å². The zero-order chi connectivity index (χ0) is 17.5. The van der Waals surface area contributed by atoms with Gasteiger partial charge in [-0.3, -0.25) is 14.4 Å². The summed E-state index contributed by atoms with van der Waals surface area (Å²) in [5, 5.41) is 11.7. The molecule has 1 fully saturated rings. The van der Waals surface area contributed by atoms with Crippen molar-refractivity contribution in [3.8, 4) is 0 Å². The van der Waals surface area contributed by atoms with Crippen LogP contribution in [-0.2, 0) is 9.59 Å². The first-order valence-electron chi connectivity index (χ1n) is 8.01. The van der Waals surface area contributed by atoms with E-state index < -0.39 is 17.7 Å². The molecular formula is C17H21FN2O4. The van der Waals surface area contributed by atoms with Crippen molar-refractivity contribution >= 4 is 17.8 Å². The van der Waals surface area contributed by atoms with Crippen LogP contribution in [0.2, 0.25) is 0 Å². The van der Waals surface area contributed by atoms with E-state index in [1.165, 1.54) is 24.3 Å². The molecule has 7 heteroatoms. The van der Waals surface area contributed by atoms with Crippen LogP contribution in [-0.4, -0.2) is 47.4 Å². The van der Waals surface area contributed by atoms with E-state index in [-0.39, 0.29) is 24.8 Å². The van der Waals surface area contributed by atoms with Crippen LogP contribution in [0.25, 0.3) is 0 Å². The molecule has 1 atom stereocenters. The van der Waals surface area contributed by atoms with Gasteiger partial charge in [-0.1, -0.05) is 0 Å². The molecule has 6 nitrogen and oxygen atoms in total. The average Bonchev–Trinajstić information content (AvgIpc) is 2.59. The number of halogens is 1. The molecule has 0 bridgehead atoms. The summed E-state index contributed by atoms with van der Waals surface area (Å²) in [7, 11) is 0. The lowest BCUT2D eigenvalue weighted by Crippen LogP contribution is -2.42. The fourth-order valence-corrected chi connectivity index (χ4v) is 2.71. The second kappa shape index (κ2) is 8.42. The molecule has 1 saturated heterocycles. The molecule has 1 aromatic rings. The van der Waals surface area contributed by atoms with Gasteiger partial charge in [0.25, 0.3) is 5.91 Å². The lowest BCUT2D eigenvalue weighted by atomic mass is 9.98. The molecule has 2 N–H and O–H groups in total. The van der Waals surface area contributed by atoms with Crippen molar-refractivity contribution in [3.05, 3.63) is 35.6 Å². The van der Waals surface area contributed by atoms with Crippen LogP contribution >= 0.6 is 0 Å². The van der Waals surface area contributed by atoms with E-state index >= 15 is 0 Å². The summed E-state index contributed by atoms with van der Waals surface area (Å²) in [6.45, 7) is 1.18. The van der Waals surface area contributed by atoms with Crippen molar-refractivity contribution in [1.82, 2.24) is 10.2 Å². The highest BCUT2D eigenvalue weighted by Gasteiger charge is 2.27. The summed E-state index contributed by atoms with van der Waals surface area (Å²) in [6, 6.07) is 5.23. The molecule has 1 aromatic carbocycles. The Kier molecular flexibility index (Phi) is 6.28. The molecule has 0 aromatic heterocycles. The molecule has 0 saturated carbocycles. The van der Waals surface area contributed by atoms with Crippen LogP contribution in [0.1, 0.15) is 36.0 Å². The fourth-order valence-electron chi connectivity index (χ4n) is 2.71. The number of carboxylic acid groups (broad SMARTS) is 1. The molecule has 2 amide bonds. The summed E-state index contributed by atoms with van der Waals surface area (Å²) >= 11 is 0. The standard InChI is InChI=1S/C17H21FN2O4/c18-14-7-5-12(6-8-14)16(22)19-9-1-4-15(21)20-10-2-3-13(11-20)17(23)24/h5-8,13H,1-4,9-11H2,(H,19,22)(H,23,24). The maximum absolute atomic E-state index is 12.8. The van der Waals surface area contributed by atoms with Gasteiger partial charge in [-0.15, -0.1) is 0 Å². The lowest BCUT2D eigenvalue weighted by Gasteiger charge is -2.30. The Morgan fingerprint density at radius 3 is 2.62 bits per heavy atom. The minimum atomic E-state index is -0.862. The first-order valence-corrected chi connectivity index (χ1v) is 8.01. The predicted octanol–water partition coefficient (Wildman–Crippen LogP) is 1.66. The van der Waals surface area contributed by atoms with Crippen LogP contribution in [0.15, 0.2) is 24.3 Å². The van der Waals surface area contributed by atoms with Crippen molar-refractivity contribution < 1.29 is 23.9 Å². The number of piperidine rings is 1. The van der Waals surface area contributed by atoms with Crippen molar-refractivity contribution in [2.75, 3.05) is 19.6 Å². The Balaban J connectivity index is 1.70. The van der Waals surface area contributed by atoms with Gasteiger partial charge in [0, 0.05) is 31.6 Å². The highest BCUT2D eigenvalue weighted by atomic mass is 19.1. The summed E-state index contributed by atoms with van der Waals surface area (Å²) in [5.41, 5.74) is 0.364. The number of aliphatic carboxylic acids is 1. The number of carbonyl (C=O) groups excluding carboxylic acids is 2. The number of amides is 2. The zero-order valence-corrected chi connectivity index (χ0v) is 13.3. The third-order valence-corrected chi connectivity index (χ3v) is 4.08. The number of carbonyl (C=O) groups is 3. The van der Waals surface area contributed by atoms with E-state index in [0.717, 1.165) is 0 Å². The molecule has 130 valence electrons. The maximum Gasteiger partial charge on any atom is 0.308 e. The molecule has 0 aliphatic carbocycles. The molecule has 0 spiro atoms. The normalized spacial score (nSPS) is 17.4. The zero-order valence-electron chi connectivity index (χ0n) is 13.3. The molecule has 0 radical (unpaired) electrons. The first-order chi connectivity index (χ1) is 11.5. The summed E-state index contributed by atoms with van der Waals surface area (Å²) in [6.07, 6.45) is 2.03. The van der Waals surface area contributed by atoms with Gasteiger partial charge in [-0.25, -0.2) is 4.39 Å². The Morgan fingerprint density at radius 2 is 1.96 bits per heavy atom. The van der Waals surface area contributed by atoms with Gasteiger partial charge in [0.1, 0.15) is 5.82 Å². The molecule has 1 aliphatic heterocycles. The monoisotopic (exact) mass is 336 g/mol. The summed E-state index contributed by atoms with van der Waals surface area (Å²) in [4.78, 5) is 36.5. The van der Waals surface area contributed by atoms with Gasteiger partial charge < -0.3 is 15.3 Å². The van der Waals surface area contributed by atoms with E-state index in [4.69, 9.17) is 5.11 Å². The summed E-state index contributed by atoms with van der Waals surface area (Å²) < 4.78 is 12.8. The maximum atomic E-state index is 12.8. The van der Waals surface area contributed by atoms with Gasteiger partial charge in [-0.2, -0.15) is 0 Å². The van der Waals surface area contributed by atoms with Gasteiger partial charge >= 0.3 is 5.97 Å². The van der Waals surface area contributed by atoms with E-state index in [9.17, 15) is 18.8 Å². The highest BCUT2D eigenvalue weighted by molar-refractivity contribution is 5.94. The SMILES string of the molecule is O=C(NCCCC(=O)N1CCCC(C(=O)O)C1)c1ccc(F)cc1. The largest absolute Gasteiger partial charge is 0.481 e. The van der Waals surface area contributed by atoms with Gasteiger partial charge in [0.2, 0.25) is 5.91 Å². The Morgan fingerprint density at radius 1 is 1.25 bits per heavy atom. The number of likely N-dealkylation sites (tertiary alicyclic amines) is 1. The van der Waals surface area contributed by atoms with Crippen LogP contribution < -0.4 is 5.32 Å². The predicted molar refractivity (Wildman–Crippen MR) is 84.9 cm³/mol. The van der Waals surface area contributed by atoms with Gasteiger partial charge in [0.15, 0.2) is 0 Å². The third kappa shape index (κ3) is 5.04. The number of hydrogen-bond acceptors (Lipinski definition) is 3. The van der Waals surface area contributed by atoms with Crippen molar-refractivity contribution in [2.24, 2.45) is 5.92 Å². The molecule has 24 heavy (non-hydrogen) atoms. The van der Waals surface area contributed by atoms with Crippen molar-refractivity contribution in [3.63, 3.8) is 0 Å². The van der Waals surface area contributed by atoms with E-state index in [2.05, 4.69) is 5.32 Å². The second-order valence-corrected chi connectivity index (χ2v) is 5.88. The molecule has 2 rings (SSSR count). The lowest BCUT2D eigenvalue weighted by molar-refractivity contribution is -0.145. The van der Waals surface area contributed by atoms with Crippen molar-refractivity contribution in [1.29, 1.82) is 0 Å². The smallest absolute Gasteiger partial charge is 0.308 e. The Labute approximate surface area is 139 Å². The quantitative estimate of drug-likeness (QED) is 0.774. The van der Waals surface area contributed by atoms with Crippen LogP contribution in [0, 0.1) is 11.7 Å². The first kappa shape index (κ1) is 17.9. The van der Waals surface area contributed by atoms with Crippen LogP contribution in [0.5, 0.6) is 0 Å². The molecule has 1 heterocycles. The van der Waals surface area contributed by atoms with Crippen molar-refractivity contribution in [2.45, 2.75) is 25.7 Å². The minimum Gasteiger partial charge on any atom is -0.481 e. The second-order valence-electron chi connectivity index (χ2n) is 5.88. The Bertz CT molecular complexity index is 603. The van der Waals surface area contributed by atoms with Gasteiger partial charge in [0.05, 0.1) is 5.92 Å². The number of nitrogens with one attached hydrogen (secondary N) is 1. The average molecular weight is 336 g/mol. The minimum absolute atomic E-state index is 0.0861. The fraction of sp³-hybridized carbons (Fsp3) is 0.471. The van der Waals surface area contributed by atoms with E-state index in [0.29, 0.717) is 37.9 Å². The van der Waals surface area contributed by atoms with Crippen LogP contribution in [0.3, 0.4) is 0 Å². The highest BCUT2D eigenvalue weighted by Crippen LogP contribution is 2.17. The Hall–Kier alpha value is -2.44. The molecule has 1 unspecified atom stereocenters. The number of hydrogen-bond donors (Lipinski definition) is 2. The number of benzene rings is 1. The van der Waals surface area contributed by atoms with Gasteiger partial charge in [-0.05, 0) is 43.5 Å². The summed E-state index contributed by atoms with van der Waals surface area (Å²) in [5.74, 6) is -2.15. The number of carboxylic acids is 1. The third-order valence-electron chi connectivity index (χ3n) is 4.08. The number of nitrogens with zero attached hydrogens (tertiary/aromatic N) is 1. The molecular weight excluding hydrogens is 315 g/mol.